The summed E-state index contributed by atoms with van der Waals surface area (Å²) in [6, 6.07) is 4.52. The number of primary amides is 1. The number of Topliss-reactive ketones (excluding diaryl/α,β-unsaturated/α-hetero) is 1. The lowest BCUT2D eigenvalue weighted by molar-refractivity contribution is -0.119. The molecule has 5 heteroatoms. The Kier molecular flexibility index (Phi) is 4.31. The van der Waals surface area contributed by atoms with Crippen molar-refractivity contribution in [3.63, 3.8) is 0 Å². The molecule has 5 N–H and O–H groups in total. The first-order valence-corrected chi connectivity index (χ1v) is 5.79. The number of ketones is 1. The fourth-order valence-electron chi connectivity index (χ4n) is 1.72. The van der Waals surface area contributed by atoms with Crippen molar-refractivity contribution in [2.45, 2.75) is 26.8 Å². The van der Waals surface area contributed by atoms with Gasteiger partial charge in [-0.05, 0) is 31.0 Å². The van der Waals surface area contributed by atoms with Crippen LogP contribution in [0.15, 0.2) is 18.2 Å². The van der Waals surface area contributed by atoms with Crippen molar-refractivity contribution in [2.24, 2.45) is 11.7 Å². The number of anilines is 2. The van der Waals surface area contributed by atoms with Gasteiger partial charge in [0, 0.05) is 16.9 Å². The summed E-state index contributed by atoms with van der Waals surface area (Å²) in [6.45, 7) is 5.25. The SMILES string of the molecule is CC(=O)c1ccc(NC(C(N)=O)C(C)C)cc1N. The number of benzene rings is 1. The fraction of sp³-hybridized carbons (Fsp3) is 0.385. The quantitative estimate of drug-likeness (QED) is 0.542. The number of nitrogens with one attached hydrogen (secondary N) is 1. The summed E-state index contributed by atoms with van der Waals surface area (Å²) in [5.41, 5.74) is 12.6. The Morgan fingerprint density at radius 1 is 1.28 bits per heavy atom. The highest BCUT2D eigenvalue weighted by Crippen LogP contribution is 2.20. The number of amides is 1. The number of carbonyl (C=O) groups excluding carboxylic acids is 2. The molecule has 18 heavy (non-hydrogen) atoms. The molecule has 1 aromatic rings. The van der Waals surface area contributed by atoms with E-state index in [0.29, 0.717) is 16.9 Å². The number of hydrogen-bond donors (Lipinski definition) is 3. The van der Waals surface area contributed by atoms with E-state index in [9.17, 15) is 9.59 Å². The number of carbonyl (C=O) groups is 2. The monoisotopic (exact) mass is 249 g/mol. The zero-order valence-electron chi connectivity index (χ0n) is 10.9. The smallest absolute Gasteiger partial charge is 0.240 e. The van der Waals surface area contributed by atoms with Gasteiger partial charge in [0.05, 0.1) is 0 Å². The van der Waals surface area contributed by atoms with Crippen LogP contribution in [0.5, 0.6) is 0 Å². The van der Waals surface area contributed by atoms with Gasteiger partial charge >= 0.3 is 0 Å². The molecule has 0 radical (unpaired) electrons. The lowest BCUT2D eigenvalue weighted by Crippen LogP contribution is -2.39. The molecule has 1 rings (SSSR count). The van der Waals surface area contributed by atoms with Crippen molar-refractivity contribution in [3.8, 4) is 0 Å². The Bertz CT molecular complexity index is 469. The van der Waals surface area contributed by atoms with Crippen molar-refractivity contribution in [1.29, 1.82) is 0 Å². The highest BCUT2D eigenvalue weighted by atomic mass is 16.1. The van der Waals surface area contributed by atoms with Gasteiger partial charge in [-0.3, -0.25) is 9.59 Å². The summed E-state index contributed by atoms with van der Waals surface area (Å²) >= 11 is 0. The van der Waals surface area contributed by atoms with Crippen LogP contribution in [0.4, 0.5) is 11.4 Å². The summed E-state index contributed by atoms with van der Waals surface area (Å²) in [5.74, 6) is -0.440. The molecule has 1 atom stereocenters. The predicted octanol–water partition coefficient (Wildman–Crippen LogP) is 1.39. The Balaban J connectivity index is 2.95. The predicted molar refractivity (Wildman–Crippen MR) is 72.3 cm³/mol. The highest BCUT2D eigenvalue weighted by Gasteiger charge is 2.19. The molecule has 0 bridgehead atoms. The third-order valence-corrected chi connectivity index (χ3v) is 2.73. The van der Waals surface area contributed by atoms with Crippen molar-refractivity contribution in [3.05, 3.63) is 23.8 Å². The maximum Gasteiger partial charge on any atom is 0.240 e. The number of rotatable bonds is 5. The second kappa shape index (κ2) is 5.53. The molecule has 0 aromatic heterocycles. The van der Waals surface area contributed by atoms with Gasteiger partial charge in [-0.25, -0.2) is 0 Å². The summed E-state index contributed by atoms with van der Waals surface area (Å²) in [6.07, 6.45) is 0. The minimum Gasteiger partial charge on any atom is -0.398 e. The summed E-state index contributed by atoms with van der Waals surface area (Å²) < 4.78 is 0. The standard InChI is InChI=1S/C13H19N3O2/c1-7(2)12(13(15)18)16-9-4-5-10(8(3)17)11(14)6-9/h4-7,12,16H,14H2,1-3H3,(H2,15,18). The Morgan fingerprint density at radius 2 is 1.89 bits per heavy atom. The first-order valence-electron chi connectivity index (χ1n) is 5.79. The minimum absolute atomic E-state index is 0.0659. The van der Waals surface area contributed by atoms with Gasteiger partial charge in [0.1, 0.15) is 6.04 Å². The Labute approximate surface area is 107 Å². The van der Waals surface area contributed by atoms with Gasteiger partial charge < -0.3 is 16.8 Å². The molecular formula is C13H19N3O2. The number of hydrogen-bond acceptors (Lipinski definition) is 4. The largest absolute Gasteiger partial charge is 0.398 e. The fourth-order valence-corrected chi connectivity index (χ4v) is 1.72. The van der Waals surface area contributed by atoms with Crippen molar-refractivity contribution in [2.75, 3.05) is 11.1 Å². The molecule has 0 aliphatic heterocycles. The summed E-state index contributed by atoms with van der Waals surface area (Å²) in [5, 5.41) is 3.02. The van der Waals surface area contributed by atoms with Crippen LogP contribution >= 0.6 is 0 Å². The Hall–Kier alpha value is -2.04. The maximum atomic E-state index is 11.3. The van der Waals surface area contributed by atoms with E-state index in [1.165, 1.54) is 6.92 Å². The molecule has 0 heterocycles. The molecule has 5 nitrogen and oxygen atoms in total. The van der Waals surface area contributed by atoms with E-state index in [4.69, 9.17) is 11.5 Å². The molecule has 1 amide bonds. The van der Waals surface area contributed by atoms with E-state index in [2.05, 4.69) is 5.32 Å². The van der Waals surface area contributed by atoms with E-state index in [-0.39, 0.29) is 11.7 Å². The highest BCUT2D eigenvalue weighted by molar-refractivity contribution is 5.99. The van der Waals surface area contributed by atoms with E-state index in [0.717, 1.165) is 0 Å². The van der Waals surface area contributed by atoms with Crippen LogP contribution in [-0.2, 0) is 4.79 Å². The normalized spacial score (nSPS) is 12.2. The number of nitrogens with two attached hydrogens (primary N) is 2. The summed E-state index contributed by atoms with van der Waals surface area (Å²) in [4.78, 5) is 22.5. The van der Waals surface area contributed by atoms with Crippen molar-refractivity contribution >= 4 is 23.1 Å². The van der Waals surface area contributed by atoms with Crippen molar-refractivity contribution < 1.29 is 9.59 Å². The molecule has 0 aliphatic rings. The molecule has 0 aliphatic carbocycles. The lowest BCUT2D eigenvalue weighted by Gasteiger charge is -2.20. The third-order valence-electron chi connectivity index (χ3n) is 2.73. The molecule has 0 saturated carbocycles. The topological polar surface area (TPSA) is 98.2 Å². The summed E-state index contributed by atoms with van der Waals surface area (Å²) in [7, 11) is 0. The molecule has 0 fully saturated rings. The third kappa shape index (κ3) is 3.23. The van der Waals surface area contributed by atoms with Gasteiger partial charge in [-0.2, -0.15) is 0 Å². The van der Waals surface area contributed by atoms with Crippen LogP contribution in [0, 0.1) is 5.92 Å². The van der Waals surface area contributed by atoms with E-state index >= 15 is 0 Å². The van der Waals surface area contributed by atoms with Gasteiger partial charge in [-0.15, -0.1) is 0 Å². The average molecular weight is 249 g/mol. The first-order chi connectivity index (χ1) is 8.32. The lowest BCUT2D eigenvalue weighted by atomic mass is 10.0. The minimum atomic E-state index is -0.465. The van der Waals surface area contributed by atoms with Gasteiger partial charge in [0.25, 0.3) is 0 Å². The van der Waals surface area contributed by atoms with Crippen LogP contribution in [0.3, 0.4) is 0 Å². The second-order valence-electron chi connectivity index (χ2n) is 4.63. The van der Waals surface area contributed by atoms with Crippen LogP contribution in [-0.4, -0.2) is 17.7 Å². The molecule has 1 unspecified atom stereocenters. The number of nitrogen functional groups attached to an aromatic ring is 1. The average Bonchev–Trinajstić information content (AvgIpc) is 2.24. The van der Waals surface area contributed by atoms with E-state index in [1.807, 2.05) is 13.8 Å². The van der Waals surface area contributed by atoms with E-state index in [1.54, 1.807) is 18.2 Å². The first kappa shape index (κ1) is 14.0. The molecule has 98 valence electrons. The maximum absolute atomic E-state index is 11.3. The molecule has 0 spiro atoms. The molecule has 1 aromatic carbocycles. The van der Waals surface area contributed by atoms with Crippen molar-refractivity contribution in [1.82, 2.24) is 0 Å². The Morgan fingerprint density at radius 3 is 2.28 bits per heavy atom. The van der Waals surface area contributed by atoms with Gasteiger partial charge in [-0.1, -0.05) is 13.8 Å². The molecule has 0 saturated heterocycles. The second-order valence-corrected chi connectivity index (χ2v) is 4.63. The van der Waals surface area contributed by atoms with Crippen LogP contribution in [0.25, 0.3) is 0 Å². The zero-order chi connectivity index (χ0) is 13.9. The van der Waals surface area contributed by atoms with Crippen LogP contribution in [0.2, 0.25) is 0 Å². The van der Waals surface area contributed by atoms with Gasteiger partial charge in [0.2, 0.25) is 5.91 Å². The van der Waals surface area contributed by atoms with E-state index < -0.39 is 11.9 Å². The van der Waals surface area contributed by atoms with Gasteiger partial charge in [0.15, 0.2) is 5.78 Å². The zero-order valence-corrected chi connectivity index (χ0v) is 10.9. The van der Waals surface area contributed by atoms with Crippen LogP contribution in [0.1, 0.15) is 31.1 Å². The van der Waals surface area contributed by atoms with Crippen LogP contribution < -0.4 is 16.8 Å². The molecular weight excluding hydrogens is 230 g/mol.